The van der Waals surface area contributed by atoms with Crippen molar-refractivity contribution < 1.29 is 14.7 Å². The molecule has 0 radical (unpaired) electrons. The molecule has 98 valence electrons. The molecule has 0 saturated carbocycles. The van der Waals surface area contributed by atoms with E-state index in [2.05, 4.69) is 21.2 Å². The maximum absolute atomic E-state index is 11.8. The molecule has 1 amide bonds. The fourth-order valence-electron chi connectivity index (χ4n) is 1.51. The van der Waals surface area contributed by atoms with E-state index in [0.717, 1.165) is 17.3 Å². The number of halogens is 1. The predicted octanol–water partition coefficient (Wildman–Crippen LogP) is 2.82. The van der Waals surface area contributed by atoms with Crippen LogP contribution in [0.25, 0.3) is 0 Å². The number of carbonyl (C=O) groups is 2. The molecular formula is C13H16BrNO3. The van der Waals surface area contributed by atoms with Crippen molar-refractivity contribution in [2.45, 2.75) is 32.2 Å². The Morgan fingerprint density at radius 3 is 2.44 bits per heavy atom. The van der Waals surface area contributed by atoms with Crippen molar-refractivity contribution in [3.8, 4) is 0 Å². The van der Waals surface area contributed by atoms with Gasteiger partial charge >= 0.3 is 5.97 Å². The van der Waals surface area contributed by atoms with Crippen molar-refractivity contribution in [2.24, 2.45) is 0 Å². The van der Waals surface area contributed by atoms with Crippen molar-refractivity contribution in [1.82, 2.24) is 5.32 Å². The van der Waals surface area contributed by atoms with E-state index in [1.165, 1.54) is 0 Å². The van der Waals surface area contributed by atoms with Gasteiger partial charge in [0, 0.05) is 10.0 Å². The smallest absolute Gasteiger partial charge is 0.326 e. The molecule has 1 aromatic rings. The summed E-state index contributed by atoms with van der Waals surface area (Å²) >= 11 is 3.28. The molecule has 1 atom stereocenters. The van der Waals surface area contributed by atoms with Crippen LogP contribution in [0, 0.1) is 0 Å². The van der Waals surface area contributed by atoms with Crippen LogP contribution in [0.15, 0.2) is 28.7 Å². The highest BCUT2D eigenvalue weighted by molar-refractivity contribution is 9.10. The minimum Gasteiger partial charge on any atom is -0.480 e. The maximum atomic E-state index is 11.8. The van der Waals surface area contributed by atoms with Crippen LogP contribution in [-0.4, -0.2) is 23.0 Å². The number of unbranched alkanes of at least 4 members (excludes halogenated alkanes) is 1. The van der Waals surface area contributed by atoms with Gasteiger partial charge in [-0.1, -0.05) is 35.7 Å². The van der Waals surface area contributed by atoms with Crippen LogP contribution in [0.5, 0.6) is 0 Å². The van der Waals surface area contributed by atoms with Gasteiger partial charge in [-0.15, -0.1) is 0 Å². The van der Waals surface area contributed by atoms with Crippen molar-refractivity contribution in [3.63, 3.8) is 0 Å². The number of nitrogens with one attached hydrogen (secondary N) is 1. The minimum absolute atomic E-state index is 0.356. The number of carbonyl (C=O) groups excluding carboxylic acids is 1. The fourth-order valence-corrected chi connectivity index (χ4v) is 1.77. The first-order chi connectivity index (χ1) is 8.54. The van der Waals surface area contributed by atoms with Crippen LogP contribution in [-0.2, 0) is 4.79 Å². The molecule has 0 aliphatic carbocycles. The summed E-state index contributed by atoms with van der Waals surface area (Å²) in [6, 6.07) is 5.98. The lowest BCUT2D eigenvalue weighted by molar-refractivity contribution is -0.139. The highest BCUT2D eigenvalue weighted by Gasteiger charge is 2.19. The van der Waals surface area contributed by atoms with E-state index < -0.39 is 12.0 Å². The van der Waals surface area contributed by atoms with E-state index in [-0.39, 0.29) is 5.91 Å². The second kappa shape index (κ2) is 7.16. The van der Waals surface area contributed by atoms with Crippen LogP contribution < -0.4 is 5.32 Å². The zero-order valence-electron chi connectivity index (χ0n) is 10.1. The third-order valence-corrected chi connectivity index (χ3v) is 3.08. The Hall–Kier alpha value is -1.36. The third kappa shape index (κ3) is 4.49. The Balaban J connectivity index is 2.66. The Morgan fingerprint density at radius 2 is 1.94 bits per heavy atom. The van der Waals surface area contributed by atoms with E-state index in [9.17, 15) is 9.59 Å². The van der Waals surface area contributed by atoms with Gasteiger partial charge in [-0.3, -0.25) is 4.79 Å². The SMILES string of the molecule is CCCC[C@H](NC(=O)c1ccc(Br)cc1)C(=O)O. The molecular weight excluding hydrogens is 298 g/mol. The van der Waals surface area contributed by atoms with Crippen LogP contribution in [0.2, 0.25) is 0 Å². The Labute approximate surface area is 115 Å². The normalized spacial score (nSPS) is 11.9. The van der Waals surface area contributed by atoms with Crippen LogP contribution >= 0.6 is 15.9 Å². The van der Waals surface area contributed by atoms with Crippen LogP contribution in [0.1, 0.15) is 36.5 Å². The average Bonchev–Trinajstić information content (AvgIpc) is 2.34. The zero-order valence-corrected chi connectivity index (χ0v) is 11.7. The number of carboxylic acids is 1. The number of hydrogen-bond donors (Lipinski definition) is 2. The molecule has 1 aromatic carbocycles. The Morgan fingerprint density at radius 1 is 1.33 bits per heavy atom. The van der Waals surface area contributed by atoms with Gasteiger partial charge < -0.3 is 10.4 Å². The van der Waals surface area contributed by atoms with Gasteiger partial charge in [0.2, 0.25) is 0 Å². The molecule has 0 aromatic heterocycles. The molecule has 0 bridgehead atoms. The molecule has 0 heterocycles. The highest BCUT2D eigenvalue weighted by atomic mass is 79.9. The van der Waals surface area contributed by atoms with Gasteiger partial charge in [-0.25, -0.2) is 4.79 Å². The fraction of sp³-hybridized carbons (Fsp3) is 0.385. The summed E-state index contributed by atoms with van der Waals surface area (Å²) in [5.74, 6) is -1.35. The molecule has 4 nitrogen and oxygen atoms in total. The van der Waals surface area contributed by atoms with Gasteiger partial charge in [-0.2, -0.15) is 0 Å². The molecule has 0 aliphatic rings. The van der Waals surface area contributed by atoms with Gasteiger partial charge in [-0.05, 0) is 30.7 Å². The molecule has 1 rings (SSSR count). The van der Waals surface area contributed by atoms with Gasteiger partial charge in [0.15, 0.2) is 0 Å². The topological polar surface area (TPSA) is 66.4 Å². The first-order valence-electron chi connectivity index (χ1n) is 5.83. The van der Waals surface area contributed by atoms with Gasteiger partial charge in [0.1, 0.15) is 6.04 Å². The largest absolute Gasteiger partial charge is 0.480 e. The summed E-state index contributed by atoms with van der Waals surface area (Å²) in [5, 5.41) is 11.6. The number of benzene rings is 1. The van der Waals surface area contributed by atoms with Crippen LogP contribution in [0.3, 0.4) is 0 Å². The van der Waals surface area contributed by atoms with E-state index in [1.54, 1.807) is 24.3 Å². The standard InChI is InChI=1S/C13H16BrNO3/c1-2-3-4-11(13(17)18)15-12(16)9-5-7-10(14)8-6-9/h5-8,11H,2-4H2,1H3,(H,15,16)(H,17,18)/t11-/m0/s1. The number of aliphatic carboxylic acids is 1. The zero-order chi connectivity index (χ0) is 13.5. The number of amides is 1. The summed E-state index contributed by atoms with van der Waals surface area (Å²) in [6.45, 7) is 1.98. The number of carboxylic acid groups (broad SMARTS) is 1. The predicted molar refractivity (Wildman–Crippen MR) is 72.6 cm³/mol. The number of hydrogen-bond acceptors (Lipinski definition) is 2. The summed E-state index contributed by atoms with van der Waals surface area (Å²) in [7, 11) is 0. The summed E-state index contributed by atoms with van der Waals surface area (Å²) in [4.78, 5) is 22.8. The van der Waals surface area contributed by atoms with Crippen molar-refractivity contribution >= 4 is 27.8 Å². The lowest BCUT2D eigenvalue weighted by Gasteiger charge is -2.14. The molecule has 18 heavy (non-hydrogen) atoms. The molecule has 0 fully saturated rings. The lowest BCUT2D eigenvalue weighted by atomic mass is 10.1. The second-order valence-electron chi connectivity index (χ2n) is 4.01. The highest BCUT2D eigenvalue weighted by Crippen LogP contribution is 2.11. The van der Waals surface area contributed by atoms with Gasteiger partial charge in [0.25, 0.3) is 5.91 Å². The van der Waals surface area contributed by atoms with Crippen molar-refractivity contribution in [1.29, 1.82) is 0 Å². The monoisotopic (exact) mass is 313 g/mol. The summed E-state index contributed by atoms with van der Waals surface area (Å²) in [5.41, 5.74) is 0.459. The van der Waals surface area contributed by atoms with E-state index in [4.69, 9.17) is 5.11 Å². The Bertz CT molecular complexity index is 417. The quantitative estimate of drug-likeness (QED) is 0.848. The van der Waals surface area contributed by atoms with E-state index in [1.807, 2.05) is 6.92 Å². The van der Waals surface area contributed by atoms with Crippen LogP contribution in [0.4, 0.5) is 0 Å². The maximum Gasteiger partial charge on any atom is 0.326 e. The Kier molecular flexibility index (Phi) is 5.85. The first kappa shape index (κ1) is 14.7. The minimum atomic E-state index is -0.992. The molecule has 0 spiro atoms. The van der Waals surface area contributed by atoms with Gasteiger partial charge in [0.05, 0.1) is 0 Å². The molecule has 5 heteroatoms. The third-order valence-electron chi connectivity index (χ3n) is 2.56. The lowest BCUT2D eigenvalue weighted by Crippen LogP contribution is -2.40. The number of rotatable bonds is 6. The summed E-state index contributed by atoms with van der Waals surface area (Å²) < 4.78 is 0.875. The summed E-state index contributed by atoms with van der Waals surface area (Å²) in [6.07, 6.45) is 2.13. The molecule has 0 unspecified atom stereocenters. The second-order valence-corrected chi connectivity index (χ2v) is 4.93. The molecule has 0 saturated heterocycles. The molecule has 2 N–H and O–H groups in total. The van der Waals surface area contributed by atoms with Crippen molar-refractivity contribution in [2.75, 3.05) is 0 Å². The van der Waals surface area contributed by atoms with E-state index in [0.29, 0.717) is 12.0 Å². The average molecular weight is 314 g/mol. The molecule has 0 aliphatic heterocycles. The van der Waals surface area contributed by atoms with E-state index >= 15 is 0 Å². The van der Waals surface area contributed by atoms with Crippen molar-refractivity contribution in [3.05, 3.63) is 34.3 Å². The first-order valence-corrected chi connectivity index (χ1v) is 6.63.